The van der Waals surface area contributed by atoms with Gasteiger partial charge in [0.15, 0.2) is 0 Å². The number of carbonyl (C=O) groups excluding carboxylic acids is 1. The predicted octanol–water partition coefficient (Wildman–Crippen LogP) is 4.22. The summed E-state index contributed by atoms with van der Waals surface area (Å²) < 4.78 is 0. The summed E-state index contributed by atoms with van der Waals surface area (Å²) in [4.78, 5) is 15.0. The molecule has 18 heavy (non-hydrogen) atoms. The summed E-state index contributed by atoms with van der Waals surface area (Å²) >= 11 is 0. The van der Waals surface area contributed by atoms with Gasteiger partial charge >= 0.3 is 0 Å². The standard InChI is InChI=1S/C16H21NO/c1-12(2)14-7-6-13(3)15(10-14)16(17-11-18)8-4-5-9-16/h6-7,10,12H,4-5,8-9H2,1-3H3. The van der Waals surface area contributed by atoms with Gasteiger partial charge in [0.25, 0.3) is 0 Å². The maximum Gasteiger partial charge on any atom is 0.235 e. The van der Waals surface area contributed by atoms with E-state index in [0.717, 1.165) is 25.7 Å². The number of rotatable bonds is 3. The van der Waals surface area contributed by atoms with Gasteiger partial charge in [-0.05, 0) is 42.4 Å². The Hall–Kier alpha value is -1.40. The number of isocyanates is 1. The second-order valence-corrected chi connectivity index (χ2v) is 5.67. The topological polar surface area (TPSA) is 29.4 Å². The lowest BCUT2D eigenvalue weighted by molar-refractivity contribution is 0.453. The summed E-state index contributed by atoms with van der Waals surface area (Å²) in [7, 11) is 0. The highest BCUT2D eigenvalue weighted by Crippen LogP contribution is 2.43. The maximum absolute atomic E-state index is 10.8. The van der Waals surface area contributed by atoms with Crippen molar-refractivity contribution in [1.82, 2.24) is 0 Å². The van der Waals surface area contributed by atoms with Gasteiger partial charge in [-0.15, -0.1) is 0 Å². The fourth-order valence-corrected chi connectivity index (χ4v) is 2.99. The van der Waals surface area contributed by atoms with Crippen LogP contribution in [0.4, 0.5) is 0 Å². The van der Waals surface area contributed by atoms with Crippen LogP contribution in [-0.4, -0.2) is 6.08 Å². The summed E-state index contributed by atoms with van der Waals surface area (Å²) in [6.07, 6.45) is 6.05. The zero-order chi connectivity index (χ0) is 13.2. The Morgan fingerprint density at radius 2 is 1.94 bits per heavy atom. The molecule has 0 atom stereocenters. The van der Waals surface area contributed by atoms with Crippen molar-refractivity contribution < 1.29 is 4.79 Å². The molecule has 1 aromatic carbocycles. The number of benzene rings is 1. The first-order valence-corrected chi connectivity index (χ1v) is 6.79. The smallest absolute Gasteiger partial charge is 0.211 e. The average molecular weight is 243 g/mol. The lowest BCUT2D eigenvalue weighted by Crippen LogP contribution is -2.20. The number of hydrogen-bond acceptors (Lipinski definition) is 2. The van der Waals surface area contributed by atoms with Crippen molar-refractivity contribution in [2.24, 2.45) is 4.99 Å². The highest BCUT2D eigenvalue weighted by atomic mass is 16.1. The second kappa shape index (κ2) is 5.07. The van der Waals surface area contributed by atoms with Crippen LogP contribution in [0, 0.1) is 6.92 Å². The molecule has 0 amide bonds. The fraction of sp³-hybridized carbons (Fsp3) is 0.562. The Bertz CT molecular complexity index is 478. The predicted molar refractivity (Wildman–Crippen MR) is 73.5 cm³/mol. The van der Waals surface area contributed by atoms with Crippen molar-refractivity contribution in [3.05, 3.63) is 34.9 Å². The fourth-order valence-electron chi connectivity index (χ4n) is 2.99. The van der Waals surface area contributed by atoms with Crippen LogP contribution in [0.2, 0.25) is 0 Å². The minimum Gasteiger partial charge on any atom is -0.211 e. The first-order valence-electron chi connectivity index (χ1n) is 6.79. The molecule has 0 aliphatic heterocycles. The molecule has 2 rings (SSSR count). The third-order valence-corrected chi connectivity index (χ3v) is 4.12. The van der Waals surface area contributed by atoms with Crippen molar-refractivity contribution >= 4 is 6.08 Å². The van der Waals surface area contributed by atoms with E-state index in [4.69, 9.17) is 0 Å². The summed E-state index contributed by atoms with van der Waals surface area (Å²) in [5.74, 6) is 0.503. The first-order chi connectivity index (χ1) is 8.59. The molecule has 1 aromatic rings. The minimum absolute atomic E-state index is 0.295. The summed E-state index contributed by atoms with van der Waals surface area (Å²) in [5.41, 5.74) is 3.49. The Balaban J connectivity index is 2.53. The normalized spacial score (nSPS) is 17.8. The monoisotopic (exact) mass is 243 g/mol. The van der Waals surface area contributed by atoms with Crippen molar-refractivity contribution in [2.45, 2.75) is 57.9 Å². The van der Waals surface area contributed by atoms with E-state index in [1.54, 1.807) is 6.08 Å². The van der Waals surface area contributed by atoms with E-state index < -0.39 is 0 Å². The molecule has 0 aromatic heterocycles. The molecule has 0 bridgehead atoms. The molecule has 0 radical (unpaired) electrons. The van der Waals surface area contributed by atoms with Gasteiger partial charge in [0.2, 0.25) is 6.08 Å². The van der Waals surface area contributed by atoms with Crippen LogP contribution in [0.1, 0.15) is 62.1 Å². The Morgan fingerprint density at radius 3 is 2.50 bits per heavy atom. The van der Waals surface area contributed by atoms with Crippen molar-refractivity contribution in [2.75, 3.05) is 0 Å². The van der Waals surface area contributed by atoms with E-state index in [1.807, 2.05) is 0 Å². The van der Waals surface area contributed by atoms with E-state index in [0.29, 0.717) is 5.92 Å². The van der Waals surface area contributed by atoms with Crippen LogP contribution in [-0.2, 0) is 10.3 Å². The van der Waals surface area contributed by atoms with Gasteiger partial charge in [0.1, 0.15) is 0 Å². The van der Waals surface area contributed by atoms with Gasteiger partial charge < -0.3 is 0 Å². The van der Waals surface area contributed by atoms with Crippen LogP contribution < -0.4 is 0 Å². The van der Waals surface area contributed by atoms with Crippen molar-refractivity contribution in [3.8, 4) is 0 Å². The zero-order valence-electron chi connectivity index (χ0n) is 11.5. The van der Waals surface area contributed by atoms with Crippen LogP contribution >= 0.6 is 0 Å². The third kappa shape index (κ3) is 2.26. The molecule has 1 aliphatic rings. The molecule has 1 aliphatic carbocycles. The Morgan fingerprint density at radius 1 is 1.28 bits per heavy atom. The highest BCUT2D eigenvalue weighted by molar-refractivity contribution is 5.43. The van der Waals surface area contributed by atoms with Gasteiger partial charge in [0, 0.05) is 0 Å². The summed E-state index contributed by atoms with van der Waals surface area (Å²) in [6, 6.07) is 6.58. The largest absolute Gasteiger partial charge is 0.235 e. The highest BCUT2D eigenvalue weighted by Gasteiger charge is 2.36. The van der Waals surface area contributed by atoms with Gasteiger partial charge in [-0.25, -0.2) is 4.79 Å². The number of aryl methyl sites for hydroxylation is 1. The summed E-state index contributed by atoms with van der Waals surface area (Å²) in [6.45, 7) is 6.50. The quantitative estimate of drug-likeness (QED) is 0.577. The first kappa shape index (κ1) is 13.0. The molecule has 1 saturated carbocycles. The number of hydrogen-bond donors (Lipinski definition) is 0. The van der Waals surface area contributed by atoms with Gasteiger partial charge in [-0.3, -0.25) is 0 Å². The van der Waals surface area contributed by atoms with Gasteiger partial charge in [-0.2, -0.15) is 4.99 Å². The lowest BCUT2D eigenvalue weighted by Gasteiger charge is -2.26. The Kier molecular flexibility index (Phi) is 3.68. The second-order valence-electron chi connectivity index (χ2n) is 5.67. The van der Waals surface area contributed by atoms with E-state index in [2.05, 4.69) is 44.0 Å². The van der Waals surface area contributed by atoms with Crippen molar-refractivity contribution in [1.29, 1.82) is 0 Å². The Labute approximate surface area is 109 Å². The molecule has 0 spiro atoms. The molecule has 1 fully saturated rings. The molecule has 0 saturated heterocycles. The maximum atomic E-state index is 10.8. The van der Waals surface area contributed by atoms with Crippen LogP contribution in [0.5, 0.6) is 0 Å². The molecule has 0 heterocycles. The average Bonchev–Trinajstić information content (AvgIpc) is 2.79. The molecular formula is C16H21NO. The van der Waals surface area contributed by atoms with Crippen LogP contribution in [0.3, 0.4) is 0 Å². The number of nitrogens with zero attached hydrogens (tertiary/aromatic N) is 1. The molecule has 96 valence electrons. The third-order valence-electron chi connectivity index (χ3n) is 4.12. The van der Waals surface area contributed by atoms with E-state index in [9.17, 15) is 4.79 Å². The molecule has 0 unspecified atom stereocenters. The van der Waals surface area contributed by atoms with E-state index >= 15 is 0 Å². The number of aliphatic imine (C=N–C) groups is 1. The summed E-state index contributed by atoms with van der Waals surface area (Å²) in [5, 5.41) is 0. The van der Waals surface area contributed by atoms with Crippen LogP contribution in [0.15, 0.2) is 23.2 Å². The van der Waals surface area contributed by atoms with Crippen molar-refractivity contribution in [3.63, 3.8) is 0 Å². The molecule has 2 nitrogen and oxygen atoms in total. The molecular weight excluding hydrogens is 222 g/mol. The lowest BCUT2D eigenvalue weighted by atomic mass is 9.83. The van der Waals surface area contributed by atoms with E-state index in [-0.39, 0.29) is 5.54 Å². The SMILES string of the molecule is Cc1ccc(C(C)C)cc1C1(N=C=O)CCCC1. The molecule has 0 N–H and O–H groups in total. The van der Waals surface area contributed by atoms with Crippen LogP contribution in [0.25, 0.3) is 0 Å². The van der Waals surface area contributed by atoms with E-state index in [1.165, 1.54) is 16.7 Å². The van der Waals surface area contributed by atoms with Gasteiger partial charge in [0.05, 0.1) is 5.54 Å². The molecule has 2 heteroatoms. The zero-order valence-corrected chi connectivity index (χ0v) is 11.5. The minimum atomic E-state index is -0.295. The van der Waals surface area contributed by atoms with Gasteiger partial charge in [-0.1, -0.05) is 44.9 Å².